The van der Waals surface area contributed by atoms with Gasteiger partial charge in [-0.1, -0.05) is 0 Å². The van der Waals surface area contributed by atoms with Crippen LogP contribution in [0.3, 0.4) is 0 Å². The molecule has 0 aliphatic carbocycles. The molecule has 13 heavy (non-hydrogen) atoms. The highest BCUT2D eigenvalue weighted by molar-refractivity contribution is 4.91. The van der Waals surface area contributed by atoms with Crippen molar-refractivity contribution in [3.63, 3.8) is 0 Å². The van der Waals surface area contributed by atoms with Gasteiger partial charge in [-0.05, 0) is 6.42 Å². The summed E-state index contributed by atoms with van der Waals surface area (Å²) in [6, 6.07) is -0.284. The molecule has 0 amide bonds. The second kappa shape index (κ2) is 3.89. The number of fused-ring (bicyclic) bond motifs is 1. The van der Waals surface area contributed by atoms with Crippen molar-refractivity contribution in [1.29, 1.82) is 0 Å². The van der Waals surface area contributed by atoms with Crippen molar-refractivity contribution in [3.05, 3.63) is 0 Å². The highest BCUT2D eigenvalue weighted by atomic mass is 16.7. The van der Waals surface area contributed by atoms with Crippen molar-refractivity contribution in [3.8, 4) is 0 Å². The fraction of sp³-hybridized carbons (Fsp3) is 1.00. The molecule has 76 valence electrons. The van der Waals surface area contributed by atoms with Gasteiger partial charge in [0.2, 0.25) is 0 Å². The molecule has 2 aliphatic heterocycles. The van der Waals surface area contributed by atoms with Crippen LogP contribution < -0.4 is 5.73 Å². The maximum Gasteiger partial charge on any atom is 0.185 e. The summed E-state index contributed by atoms with van der Waals surface area (Å²) in [6.07, 6.45) is -0.102. The van der Waals surface area contributed by atoms with E-state index in [0.29, 0.717) is 13.2 Å². The molecule has 2 rings (SSSR count). The van der Waals surface area contributed by atoms with E-state index in [9.17, 15) is 0 Å². The summed E-state index contributed by atoms with van der Waals surface area (Å²) < 4.78 is 16.3. The summed E-state index contributed by atoms with van der Waals surface area (Å²) in [6.45, 7) is 1.20. The number of aliphatic hydroxyl groups excluding tert-OH is 1. The molecule has 0 aromatic rings. The number of nitrogens with two attached hydrogens (primary N) is 1. The van der Waals surface area contributed by atoms with Crippen LogP contribution in [0.4, 0.5) is 0 Å². The first-order valence-electron chi connectivity index (χ1n) is 4.58. The van der Waals surface area contributed by atoms with Crippen LogP contribution in [0.25, 0.3) is 0 Å². The molecule has 2 aliphatic rings. The lowest BCUT2D eigenvalue weighted by atomic mass is 10.1. The topological polar surface area (TPSA) is 73.9 Å². The Kier molecular flexibility index (Phi) is 2.80. The summed E-state index contributed by atoms with van der Waals surface area (Å²) in [5.41, 5.74) is 5.82. The maximum atomic E-state index is 8.94. The van der Waals surface area contributed by atoms with Gasteiger partial charge in [-0.25, -0.2) is 0 Å². The van der Waals surface area contributed by atoms with Crippen molar-refractivity contribution in [2.45, 2.75) is 31.0 Å². The van der Waals surface area contributed by atoms with Gasteiger partial charge in [-0.3, -0.25) is 0 Å². The lowest BCUT2D eigenvalue weighted by molar-refractivity contribution is -0.162. The number of ether oxygens (including phenoxy) is 3. The van der Waals surface area contributed by atoms with Crippen molar-refractivity contribution in [2.75, 3.05) is 19.8 Å². The van der Waals surface area contributed by atoms with Crippen LogP contribution in [0, 0.1) is 0 Å². The van der Waals surface area contributed by atoms with E-state index in [2.05, 4.69) is 0 Å². The summed E-state index contributed by atoms with van der Waals surface area (Å²) in [4.78, 5) is 0. The third-order valence-corrected chi connectivity index (χ3v) is 2.45. The molecule has 2 saturated heterocycles. The van der Waals surface area contributed by atoms with Crippen molar-refractivity contribution in [1.82, 2.24) is 0 Å². The Bertz CT molecular complexity index is 178. The SMILES string of the molecule is NC1C(CO)OC2OCCCOC21. The normalized spacial score (nSPS) is 45.7. The van der Waals surface area contributed by atoms with Crippen molar-refractivity contribution in [2.24, 2.45) is 5.73 Å². The van der Waals surface area contributed by atoms with Gasteiger partial charge < -0.3 is 25.1 Å². The van der Waals surface area contributed by atoms with Crippen LogP contribution in [0.5, 0.6) is 0 Å². The Morgan fingerprint density at radius 1 is 1.31 bits per heavy atom. The Hall–Kier alpha value is -0.200. The number of rotatable bonds is 1. The van der Waals surface area contributed by atoms with E-state index < -0.39 is 6.29 Å². The zero-order chi connectivity index (χ0) is 9.26. The molecule has 2 fully saturated rings. The number of hydrogen-bond acceptors (Lipinski definition) is 5. The number of hydrogen-bond donors (Lipinski definition) is 2. The van der Waals surface area contributed by atoms with E-state index >= 15 is 0 Å². The van der Waals surface area contributed by atoms with Gasteiger partial charge in [0.15, 0.2) is 6.29 Å². The molecule has 4 unspecified atom stereocenters. The smallest absolute Gasteiger partial charge is 0.185 e. The monoisotopic (exact) mass is 189 g/mol. The summed E-state index contributed by atoms with van der Waals surface area (Å²) >= 11 is 0. The third-order valence-electron chi connectivity index (χ3n) is 2.45. The second-order valence-electron chi connectivity index (χ2n) is 3.36. The lowest BCUT2D eigenvalue weighted by Gasteiger charge is -2.17. The predicted octanol–water partition coefficient (Wildman–Crippen LogP) is -1.16. The first kappa shape index (κ1) is 9.36. The van der Waals surface area contributed by atoms with E-state index in [0.717, 1.165) is 6.42 Å². The van der Waals surface area contributed by atoms with Crippen LogP contribution in [-0.4, -0.2) is 49.5 Å². The highest BCUT2D eigenvalue weighted by Crippen LogP contribution is 2.25. The number of aliphatic hydroxyl groups is 1. The van der Waals surface area contributed by atoms with Crippen molar-refractivity contribution >= 4 is 0 Å². The first-order valence-corrected chi connectivity index (χ1v) is 4.58. The third kappa shape index (κ3) is 1.70. The summed E-state index contributed by atoms with van der Waals surface area (Å²) in [7, 11) is 0. The van der Waals surface area contributed by atoms with Gasteiger partial charge in [-0.2, -0.15) is 0 Å². The molecule has 0 spiro atoms. The average Bonchev–Trinajstić information content (AvgIpc) is 2.37. The van der Waals surface area contributed by atoms with Gasteiger partial charge in [0.1, 0.15) is 12.2 Å². The molecule has 0 bridgehead atoms. The van der Waals surface area contributed by atoms with Crippen LogP contribution in [-0.2, 0) is 14.2 Å². The molecule has 5 heteroatoms. The molecule has 0 saturated carbocycles. The minimum atomic E-state index is -0.394. The molecule has 5 nitrogen and oxygen atoms in total. The molecule has 4 atom stereocenters. The van der Waals surface area contributed by atoms with E-state index in [1.807, 2.05) is 0 Å². The summed E-state index contributed by atoms with van der Waals surface area (Å²) in [5.74, 6) is 0. The molecule has 2 heterocycles. The summed E-state index contributed by atoms with van der Waals surface area (Å²) in [5, 5.41) is 8.94. The van der Waals surface area contributed by atoms with Crippen LogP contribution in [0.15, 0.2) is 0 Å². The second-order valence-corrected chi connectivity index (χ2v) is 3.36. The lowest BCUT2D eigenvalue weighted by Crippen LogP contribution is -2.43. The van der Waals surface area contributed by atoms with Gasteiger partial charge >= 0.3 is 0 Å². The van der Waals surface area contributed by atoms with Gasteiger partial charge in [0.25, 0.3) is 0 Å². The minimum absolute atomic E-state index is 0.0825. The molecule has 0 radical (unpaired) electrons. The van der Waals surface area contributed by atoms with Gasteiger partial charge in [-0.15, -0.1) is 0 Å². The predicted molar refractivity (Wildman–Crippen MR) is 44.0 cm³/mol. The average molecular weight is 189 g/mol. The fourth-order valence-corrected chi connectivity index (χ4v) is 1.70. The Morgan fingerprint density at radius 2 is 2.08 bits per heavy atom. The van der Waals surface area contributed by atoms with Crippen molar-refractivity contribution < 1.29 is 19.3 Å². The Morgan fingerprint density at radius 3 is 2.85 bits per heavy atom. The molecule has 0 aromatic carbocycles. The van der Waals surface area contributed by atoms with Crippen LogP contribution in [0.1, 0.15) is 6.42 Å². The van der Waals surface area contributed by atoms with E-state index in [-0.39, 0.29) is 24.9 Å². The van der Waals surface area contributed by atoms with E-state index in [4.69, 9.17) is 25.1 Å². The molecule has 0 aromatic heterocycles. The first-order chi connectivity index (χ1) is 6.33. The molecular weight excluding hydrogens is 174 g/mol. The quantitative estimate of drug-likeness (QED) is 0.544. The van der Waals surface area contributed by atoms with Crippen LogP contribution in [0.2, 0.25) is 0 Å². The maximum absolute atomic E-state index is 8.94. The Balaban J connectivity index is 2.02. The van der Waals surface area contributed by atoms with Crippen LogP contribution >= 0.6 is 0 Å². The standard InChI is InChI=1S/C8H15NO4/c9-6-5(4-10)13-8-7(6)11-2-1-3-12-8/h5-8,10H,1-4,9H2. The van der Waals surface area contributed by atoms with E-state index in [1.54, 1.807) is 0 Å². The zero-order valence-electron chi connectivity index (χ0n) is 7.39. The fourth-order valence-electron chi connectivity index (χ4n) is 1.70. The highest BCUT2D eigenvalue weighted by Gasteiger charge is 2.44. The van der Waals surface area contributed by atoms with E-state index in [1.165, 1.54) is 0 Å². The largest absolute Gasteiger partial charge is 0.394 e. The van der Waals surface area contributed by atoms with Gasteiger partial charge in [0.05, 0.1) is 19.3 Å². The molecule has 3 N–H and O–H groups in total. The van der Waals surface area contributed by atoms with Gasteiger partial charge in [0, 0.05) is 6.61 Å². The Labute approximate surface area is 76.8 Å². The zero-order valence-corrected chi connectivity index (χ0v) is 7.39. The molecular formula is C8H15NO4. The minimum Gasteiger partial charge on any atom is -0.394 e.